The lowest BCUT2D eigenvalue weighted by atomic mass is 9.96. The van der Waals surface area contributed by atoms with E-state index in [0.717, 1.165) is 41.8 Å². The molecule has 0 amide bonds. The van der Waals surface area contributed by atoms with Crippen LogP contribution in [0, 0.1) is 0 Å². The third-order valence-corrected chi connectivity index (χ3v) is 7.14. The van der Waals surface area contributed by atoms with Gasteiger partial charge in [-0.15, -0.1) is 0 Å². The summed E-state index contributed by atoms with van der Waals surface area (Å²) in [5, 5.41) is 0. The predicted molar refractivity (Wildman–Crippen MR) is 140 cm³/mol. The highest BCUT2D eigenvalue weighted by atomic mass is 16.5. The monoisotopic (exact) mass is 451 g/mol. The topological polar surface area (TPSA) is 29.5 Å². The van der Waals surface area contributed by atoms with Crippen molar-refractivity contribution in [1.82, 2.24) is 4.90 Å². The zero-order chi connectivity index (χ0) is 23.3. The molecule has 3 nitrogen and oxygen atoms in total. The number of nitrogens with zero attached hydrogens (tertiary/aromatic N) is 1. The number of carbonyl (C=O) groups excluding carboxylic acids is 1. The lowest BCUT2D eigenvalue weighted by Crippen LogP contribution is -2.30. The van der Waals surface area contributed by atoms with Crippen molar-refractivity contribution in [2.45, 2.75) is 38.5 Å². The summed E-state index contributed by atoms with van der Waals surface area (Å²) >= 11 is 0. The number of methoxy groups -OCH3 is 1. The SMILES string of the molecule is COc1ccc(C=C2c3ccccc3-c3ccc(C(=O)CCCCN4CCCCC4)cc32)cc1. The molecule has 5 rings (SSSR count). The molecule has 0 saturated carbocycles. The van der Waals surface area contributed by atoms with Gasteiger partial charge in [-0.1, -0.05) is 55.0 Å². The van der Waals surface area contributed by atoms with Crippen LogP contribution in [0.3, 0.4) is 0 Å². The highest BCUT2D eigenvalue weighted by Gasteiger charge is 2.24. The summed E-state index contributed by atoms with van der Waals surface area (Å²) in [7, 11) is 1.68. The molecule has 1 heterocycles. The van der Waals surface area contributed by atoms with Gasteiger partial charge in [0.1, 0.15) is 5.75 Å². The van der Waals surface area contributed by atoms with Crippen LogP contribution in [0.5, 0.6) is 5.75 Å². The minimum atomic E-state index is 0.251. The number of hydrogen-bond acceptors (Lipinski definition) is 3. The summed E-state index contributed by atoms with van der Waals surface area (Å²) in [6.45, 7) is 3.58. The van der Waals surface area contributed by atoms with Gasteiger partial charge >= 0.3 is 0 Å². The van der Waals surface area contributed by atoms with Crippen molar-refractivity contribution in [3.8, 4) is 16.9 Å². The molecule has 0 radical (unpaired) electrons. The lowest BCUT2D eigenvalue weighted by Gasteiger charge is -2.26. The van der Waals surface area contributed by atoms with Gasteiger partial charge in [-0.3, -0.25) is 4.79 Å². The molecule has 1 saturated heterocycles. The second-order valence-corrected chi connectivity index (χ2v) is 9.42. The van der Waals surface area contributed by atoms with E-state index in [0.29, 0.717) is 6.42 Å². The average Bonchev–Trinajstić information content (AvgIpc) is 3.20. The molecule has 0 unspecified atom stereocenters. The van der Waals surface area contributed by atoms with Gasteiger partial charge < -0.3 is 9.64 Å². The highest BCUT2D eigenvalue weighted by molar-refractivity contribution is 6.08. The van der Waals surface area contributed by atoms with Crippen molar-refractivity contribution in [2.75, 3.05) is 26.7 Å². The van der Waals surface area contributed by atoms with Crippen molar-refractivity contribution in [3.63, 3.8) is 0 Å². The summed E-state index contributed by atoms with van der Waals surface area (Å²) in [6.07, 6.45) is 8.91. The van der Waals surface area contributed by atoms with Gasteiger partial charge in [-0.2, -0.15) is 0 Å². The quantitative estimate of drug-likeness (QED) is 0.211. The van der Waals surface area contributed by atoms with Crippen LogP contribution in [0.2, 0.25) is 0 Å². The Morgan fingerprint density at radius 3 is 2.35 bits per heavy atom. The summed E-state index contributed by atoms with van der Waals surface area (Å²) in [5.74, 6) is 1.10. The number of piperidine rings is 1. The van der Waals surface area contributed by atoms with Crippen LogP contribution in [0.15, 0.2) is 66.7 Å². The molecule has 0 bridgehead atoms. The molecule has 1 aliphatic heterocycles. The summed E-state index contributed by atoms with van der Waals surface area (Å²) in [5.41, 5.74) is 7.93. The number of likely N-dealkylation sites (tertiary alicyclic amines) is 1. The van der Waals surface area contributed by atoms with E-state index in [2.05, 4.69) is 59.5 Å². The largest absolute Gasteiger partial charge is 0.497 e. The van der Waals surface area contributed by atoms with Crippen LogP contribution in [-0.4, -0.2) is 37.4 Å². The van der Waals surface area contributed by atoms with Gasteiger partial charge in [0, 0.05) is 12.0 Å². The third-order valence-electron chi connectivity index (χ3n) is 7.14. The Kier molecular flexibility index (Phi) is 6.92. The second-order valence-electron chi connectivity index (χ2n) is 9.42. The molecular weight excluding hydrogens is 418 g/mol. The Hall–Kier alpha value is -3.17. The Labute approximate surface area is 203 Å². The summed E-state index contributed by atoms with van der Waals surface area (Å²) in [4.78, 5) is 15.6. The van der Waals surface area contributed by atoms with E-state index in [-0.39, 0.29) is 5.78 Å². The molecule has 1 aliphatic carbocycles. The Bertz CT molecular complexity index is 1190. The number of Topliss-reactive ketones (excluding diaryl/α,β-unsaturated/α-hetero) is 1. The highest BCUT2D eigenvalue weighted by Crippen LogP contribution is 2.45. The summed E-state index contributed by atoms with van der Waals surface area (Å²) in [6, 6.07) is 22.9. The Balaban J connectivity index is 1.34. The maximum absolute atomic E-state index is 13.1. The van der Waals surface area contributed by atoms with Crippen LogP contribution >= 0.6 is 0 Å². The fourth-order valence-corrected chi connectivity index (χ4v) is 5.24. The van der Waals surface area contributed by atoms with Crippen LogP contribution in [0.1, 0.15) is 65.6 Å². The normalized spacial score (nSPS) is 16.3. The first-order chi connectivity index (χ1) is 16.7. The number of carbonyl (C=O) groups is 1. The molecule has 3 heteroatoms. The van der Waals surface area contributed by atoms with E-state index in [1.165, 1.54) is 54.6 Å². The van der Waals surface area contributed by atoms with Crippen molar-refractivity contribution in [2.24, 2.45) is 0 Å². The van der Waals surface area contributed by atoms with E-state index in [1.54, 1.807) is 7.11 Å². The lowest BCUT2D eigenvalue weighted by molar-refractivity contribution is 0.0977. The molecule has 174 valence electrons. The second kappa shape index (κ2) is 10.4. The molecule has 0 spiro atoms. The smallest absolute Gasteiger partial charge is 0.162 e. The van der Waals surface area contributed by atoms with Crippen molar-refractivity contribution < 1.29 is 9.53 Å². The van der Waals surface area contributed by atoms with Crippen LogP contribution < -0.4 is 4.74 Å². The molecule has 0 N–H and O–H groups in total. The number of benzene rings is 3. The maximum Gasteiger partial charge on any atom is 0.162 e. The van der Waals surface area contributed by atoms with Gasteiger partial charge in [-0.05, 0) is 103 Å². The third kappa shape index (κ3) is 4.85. The number of hydrogen-bond donors (Lipinski definition) is 0. The molecule has 34 heavy (non-hydrogen) atoms. The molecular formula is C31H33NO2. The fraction of sp³-hybridized carbons (Fsp3) is 0.323. The standard InChI is InChI=1S/C31H33NO2/c1-34-25-15-12-23(13-16-25)21-29-27-10-4-3-9-26(27)28-17-14-24(22-30(28)29)31(33)11-5-8-20-32-18-6-2-7-19-32/h3-4,9-10,12-17,21-22H,2,5-8,11,18-20H2,1H3. The van der Waals surface area contributed by atoms with Gasteiger partial charge in [0.25, 0.3) is 0 Å². The van der Waals surface area contributed by atoms with Gasteiger partial charge in [0.05, 0.1) is 7.11 Å². The van der Waals surface area contributed by atoms with E-state index in [4.69, 9.17) is 4.74 Å². The van der Waals surface area contributed by atoms with Crippen molar-refractivity contribution >= 4 is 17.4 Å². The van der Waals surface area contributed by atoms with E-state index >= 15 is 0 Å². The zero-order valence-corrected chi connectivity index (χ0v) is 20.1. The number of ketones is 1. The maximum atomic E-state index is 13.1. The molecule has 0 atom stereocenters. The molecule has 3 aromatic carbocycles. The van der Waals surface area contributed by atoms with Crippen LogP contribution in [0.25, 0.3) is 22.8 Å². The molecule has 3 aromatic rings. The van der Waals surface area contributed by atoms with Crippen LogP contribution in [-0.2, 0) is 0 Å². The van der Waals surface area contributed by atoms with Gasteiger partial charge in [0.15, 0.2) is 5.78 Å². The number of ether oxygens (including phenoxy) is 1. The number of unbranched alkanes of at least 4 members (excludes halogenated alkanes) is 1. The molecule has 0 aromatic heterocycles. The molecule has 1 fully saturated rings. The average molecular weight is 452 g/mol. The van der Waals surface area contributed by atoms with E-state index in [1.807, 2.05) is 18.2 Å². The van der Waals surface area contributed by atoms with E-state index < -0.39 is 0 Å². The Morgan fingerprint density at radius 1 is 0.853 bits per heavy atom. The van der Waals surface area contributed by atoms with Gasteiger partial charge in [-0.25, -0.2) is 0 Å². The predicted octanol–water partition coefficient (Wildman–Crippen LogP) is 7.10. The minimum absolute atomic E-state index is 0.251. The van der Waals surface area contributed by atoms with Crippen LogP contribution in [0.4, 0.5) is 0 Å². The van der Waals surface area contributed by atoms with Gasteiger partial charge in [0.2, 0.25) is 0 Å². The first-order valence-corrected chi connectivity index (χ1v) is 12.6. The first-order valence-electron chi connectivity index (χ1n) is 12.6. The fourth-order valence-electron chi connectivity index (χ4n) is 5.24. The summed E-state index contributed by atoms with van der Waals surface area (Å²) < 4.78 is 5.31. The Morgan fingerprint density at radius 2 is 1.59 bits per heavy atom. The number of fused-ring (bicyclic) bond motifs is 3. The van der Waals surface area contributed by atoms with E-state index in [9.17, 15) is 4.79 Å². The number of rotatable bonds is 8. The first kappa shape index (κ1) is 22.6. The van der Waals surface area contributed by atoms with Crippen molar-refractivity contribution in [1.29, 1.82) is 0 Å². The molecule has 2 aliphatic rings. The minimum Gasteiger partial charge on any atom is -0.497 e. The van der Waals surface area contributed by atoms with Crippen molar-refractivity contribution in [3.05, 3.63) is 89.0 Å². The zero-order valence-electron chi connectivity index (χ0n) is 20.1.